The summed E-state index contributed by atoms with van der Waals surface area (Å²) in [5.74, 6) is 0. The first-order chi connectivity index (χ1) is 7.88. The van der Waals surface area contributed by atoms with Crippen molar-refractivity contribution in [2.45, 2.75) is 12.6 Å². The summed E-state index contributed by atoms with van der Waals surface area (Å²) in [5, 5.41) is 6.74. The molecule has 1 atom stereocenters. The predicted molar refractivity (Wildman–Crippen MR) is 65.2 cm³/mol. The van der Waals surface area contributed by atoms with E-state index in [-0.39, 0.29) is 0 Å². The molecule has 1 aromatic rings. The van der Waals surface area contributed by atoms with Crippen LogP contribution in [0.15, 0.2) is 24.5 Å². The average molecular weight is 220 g/mol. The summed E-state index contributed by atoms with van der Waals surface area (Å²) in [6.45, 7) is 5.34. The van der Waals surface area contributed by atoms with Crippen molar-refractivity contribution in [3.05, 3.63) is 30.1 Å². The van der Waals surface area contributed by atoms with Crippen LogP contribution in [-0.2, 0) is 6.54 Å². The van der Waals surface area contributed by atoms with Gasteiger partial charge in [0.25, 0.3) is 0 Å². The molecule has 0 amide bonds. The standard InChI is InChI=1S/C12H20N4/c1-13-8-12-10-16(6-5-15-12)9-11-3-2-4-14-7-11/h2-4,7,12-13,15H,5-6,8-10H2,1H3. The van der Waals surface area contributed by atoms with Crippen LogP contribution >= 0.6 is 0 Å². The molecule has 0 bridgehead atoms. The molecule has 0 aliphatic carbocycles. The molecular weight excluding hydrogens is 200 g/mol. The topological polar surface area (TPSA) is 40.2 Å². The van der Waals surface area contributed by atoms with Gasteiger partial charge in [-0.25, -0.2) is 0 Å². The van der Waals surface area contributed by atoms with Gasteiger partial charge in [-0.15, -0.1) is 0 Å². The van der Waals surface area contributed by atoms with E-state index in [1.54, 1.807) is 0 Å². The summed E-state index contributed by atoms with van der Waals surface area (Å²) in [5.41, 5.74) is 1.30. The number of nitrogens with one attached hydrogen (secondary N) is 2. The molecular formula is C12H20N4. The zero-order valence-electron chi connectivity index (χ0n) is 9.82. The highest BCUT2D eigenvalue weighted by Gasteiger charge is 2.18. The van der Waals surface area contributed by atoms with Crippen LogP contribution < -0.4 is 10.6 Å². The van der Waals surface area contributed by atoms with E-state index in [4.69, 9.17) is 0 Å². The van der Waals surface area contributed by atoms with Crippen molar-refractivity contribution >= 4 is 0 Å². The van der Waals surface area contributed by atoms with Gasteiger partial charge in [-0.3, -0.25) is 9.88 Å². The number of nitrogens with zero attached hydrogens (tertiary/aromatic N) is 2. The van der Waals surface area contributed by atoms with E-state index in [1.807, 2.05) is 25.5 Å². The van der Waals surface area contributed by atoms with Crippen LogP contribution in [0.3, 0.4) is 0 Å². The molecule has 0 aromatic carbocycles. The van der Waals surface area contributed by atoms with Crippen molar-refractivity contribution < 1.29 is 0 Å². The second-order valence-corrected chi connectivity index (χ2v) is 4.31. The molecule has 88 valence electrons. The Bertz CT molecular complexity index is 299. The van der Waals surface area contributed by atoms with Gasteiger partial charge in [0.15, 0.2) is 0 Å². The predicted octanol–water partition coefficient (Wildman–Crippen LogP) is 0.0748. The number of likely N-dealkylation sites (N-methyl/N-ethyl adjacent to an activating group) is 1. The first-order valence-electron chi connectivity index (χ1n) is 5.87. The second kappa shape index (κ2) is 5.94. The van der Waals surface area contributed by atoms with Crippen molar-refractivity contribution in [3.8, 4) is 0 Å². The molecule has 1 aliphatic heterocycles. The van der Waals surface area contributed by atoms with Crippen molar-refractivity contribution in [2.75, 3.05) is 33.2 Å². The fraction of sp³-hybridized carbons (Fsp3) is 0.583. The summed E-state index contributed by atoms with van der Waals surface area (Å²) >= 11 is 0. The molecule has 1 unspecified atom stereocenters. The van der Waals surface area contributed by atoms with E-state index in [0.29, 0.717) is 6.04 Å². The van der Waals surface area contributed by atoms with E-state index in [2.05, 4.69) is 26.6 Å². The number of rotatable bonds is 4. The molecule has 0 spiro atoms. The Morgan fingerprint density at radius 3 is 3.31 bits per heavy atom. The summed E-state index contributed by atoms with van der Waals surface area (Å²) in [4.78, 5) is 6.63. The summed E-state index contributed by atoms with van der Waals surface area (Å²) in [7, 11) is 2.00. The molecule has 2 heterocycles. The van der Waals surface area contributed by atoms with Crippen molar-refractivity contribution in [2.24, 2.45) is 0 Å². The maximum atomic E-state index is 4.15. The van der Waals surface area contributed by atoms with E-state index in [1.165, 1.54) is 5.56 Å². The van der Waals surface area contributed by atoms with Gasteiger partial charge in [-0.2, -0.15) is 0 Å². The molecule has 1 fully saturated rings. The number of piperazine rings is 1. The van der Waals surface area contributed by atoms with Crippen LogP contribution in [0.5, 0.6) is 0 Å². The average Bonchev–Trinajstić information content (AvgIpc) is 2.31. The molecule has 2 rings (SSSR count). The largest absolute Gasteiger partial charge is 0.318 e. The van der Waals surface area contributed by atoms with Gasteiger partial charge in [0, 0.05) is 51.2 Å². The van der Waals surface area contributed by atoms with Crippen LogP contribution in [-0.4, -0.2) is 49.2 Å². The van der Waals surface area contributed by atoms with Crippen molar-refractivity contribution in [1.82, 2.24) is 20.5 Å². The van der Waals surface area contributed by atoms with Gasteiger partial charge in [-0.05, 0) is 18.7 Å². The fourth-order valence-corrected chi connectivity index (χ4v) is 2.17. The Morgan fingerprint density at radius 1 is 1.62 bits per heavy atom. The highest BCUT2D eigenvalue weighted by atomic mass is 15.2. The molecule has 4 heteroatoms. The van der Waals surface area contributed by atoms with E-state index in [9.17, 15) is 0 Å². The first-order valence-corrected chi connectivity index (χ1v) is 5.87. The minimum atomic E-state index is 0.565. The van der Waals surface area contributed by atoms with Crippen molar-refractivity contribution in [1.29, 1.82) is 0 Å². The van der Waals surface area contributed by atoms with Gasteiger partial charge < -0.3 is 10.6 Å². The Kier molecular flexibility index (Phi) is 4.27. The lowest BCUT2D eigenvalue weighted by atomic mass is 10.2. The van der Waals surface area contributed by atoms with Crippen LogP contribution in [0, 0.1) is 0 Å². The molecule has 16 heavy (non-hydrogen) atoms. The molecule has 2 N–H and O–H groups in total. The fourth-order valence-electron chi connectivity index (χ4n) is 2.17. The molecule has 1 saturated heterocycles. The monoisotopic (exact) mass is 220 g/mol. The summed E-state index contributed by atoms with van der Waals surface area (Å²) in [6.07, 6.45) is 3.78. The van der Waals surface area contributed by atoms with Crippen LogP contribution in [0.25, 0.3) is 0 Å². The van der Waals surface area contributed by atoms with E-state index >= 15 is 0 Å². The lowest BCUT2D eigenvalue weighted by Gasteiger charge is -2.33. The molecule has 1 aromatic heterocycles. The third-order valence-electron chi connectivity index (χ3n) is 2.92. The number of pyridine rings is 1. The molecule has 1 aliphatic rings. The molecule has 0 radical (unpaired) electrons. The van der Waals surface area contributed by atoms with Crippen LogP contribution in [0.1, 0.15) is 5.56 Å². The molecule has 4 nitrogen and oxygen atoms in total. The van der Waals surface area contributed by atoms with Gasteiger partial charge in [0.2, 0.25) is 0 Å². The first kappa shape index (κ1) is 11.5. The van der Waals surface area contributed by atoms with Gasteiger partial charge in [0.05, 0.1) is 0 Å². The van der Waals surface area contributed by atoms with Crippen LogP contribution in [0.4, 0.5) is 0 Å². The smallest absolute Gasteiger partial charge is 0.0320 e. The quantitative estimate of drug-likeness (QED) is 0.753. The summed E-state index contributed by atoms with van der Waals surface area (Å²) < 4.78 is 0. The second-order valence-electron chi connectivity index (χ2n) is 4.31. The highest BCUT2D eigenvalue weighted by Crippen LogP contribution is 2.05. The highest BCUT2D eigenvalue weighted by molar-refractivity contribution is 5.08. The van der Waals surface area contributed by atoms with Gasteiger partial charge in [-0.1, -0.05) is 6.07 Å². The minimum absolute atomic E-state index is 0.565. The number of aromatic nitrogens is 1. The van der Waals surface area contributed by atoms with Crippen molar-refractivity contribution in [3.63, 3.8) is 0 Å². The van der Waals surface area contributed by atoms with E-state index in [0.717, 1.165) is 32.7 Å². The number of hydrogen-bond acceptors (Lipinski definition) is 4. The third kappa shape index (κ3) is 3.27. The Hall–Kier alpha value is -0.970. The lowest BCUT2D eigenvalue weighted by molar-refractivity contribution is 0.191. The third-order valence-corrected chi connectivity index (χ3v) is 2.92. The summed E-state index contributed by atoms with van der Waals surface area (Å²) in [6, 6.07) is 4.71. The maximum absolute atomic E-state index is 4.15. The zero-order chi connectivity index (χ0) is 11.2. The Balaban J connectivity index is 1.85. The molecule has 0 saturated carbocycles. The SMILES string of the molecule is CNCC1CN(Cc2cccnc2)CCN1. The maximum Gasteiger partial charge on any atom is 0.0320 e. The number of hydrogen-bond donors (Lipinski definition) is 2. The van der Waals surface area contributed by atoms with Gasteiger partial charge >= 0.3 is 0 Å². The van der Waals surface area contributed by atoms with E-state index < -0.39 is 0 Å². The Labute approximate surface area is 97.1 Å². The normalized spacial score (nSPS) is 22.2. The zero-order valence-corrected chi connectivity index (χ0v) is 9.82. The Morgan fingerprint density at radius 2 is 2.56 bits per heavy atom. The van der Waals surface area contributed by atoms with Crippen LogP contribution in [0.2, 0.25) is 0 Å². The lowest BCUT2D eigenvalue weighted by Crippen LogP contribution is -2.53. The van der Waals surface area contributed by atoms with Gasteiger partial charge in [0.1, 0.15) is 0 Å². The minimum Gasteiger partial charge on any atom is -0.318 e.